The Morgan fingerprint density at radius 3 is 2.32 bits per heavy atom. The van der Waals surface area contributed by atoms with Gasteiger partial charge in [0.1, 0.15) is 11.3 Å². The predicted molar refractivity (Wildman–Crippen MR) is 167 cm³/mol. The number of rotatable bonds is 9. The zero-order valence-electron chi connectivity index (χ0n) is 25.0. The van der Waals surface area contributed by atoms with Crippen molar-refractivity contribution in [1.29, 1.82) is 5.26 Å². The van der Waals surface area contributed by atoms with Gasteiger partial charge in [0.05, 0.1) is 24.4 Å². The summed E-state index contributed by atoms with van der Waals surface area (Å²) in [6.07, 6.45) is 1.47. The molecule has 1 aliphatic heterocycles. The number of nitriles is 1. The lowest BCUT2D eigenvalue weighted by atomic mass is 9.99. The van der Waals surface area contributed by atoms with E-state index in [0.717, 1.165) is 40.9 Å². The van der Waals surface area contributed by atoms with Crippen molar-refractivity contribution in [3.05, 3.63) is 100 Å². The number of carbonyl (C=O) groups is 2. The minimum atomic E-state index is -0.554. The van der Waals surface area contributed by atoms with Crippen molar-refractivity contribution in [1.82, 2.24) is 14.9 Å². The van der Waals surface area contributed by atoms with Gasteiger partial charge in [-0.15, -0.1) is 0 Å². The molecule has 0 unspecified atom stereocenters. The number of benzene rings is 3. The van der Waals surface area contributed by atoms with E-state index in [1.54, 1.807) is 25.1 Å². The van der Waals surface area contributed by atoms with Crippen LogP contribution in [0.3, 0.4) is 0 Å². The summed E-state index contributed by atoms with van der Waals surface area (Å²) < 4.78 is 11.6. The fraction of sp³-hybridized carbons (Fsp3) is 0.265. The lowest BCUT2D eigenvalue weighted by Crippen LogP contribution is -2.46. The molecule has 224 valence electrons. The van der Waals surface area contributed by atoms with E-state index in [1.807, 2.05) is 56.3 Å². The second-order valence-electron chi connectivity index (χ2n) is 10.7. The third-order valence-electron chi connectivity index (χ3n) is 7.52. The van der Waals surface area contributed by atoms with Gasteiger partial charge in [0.2, 0.25) is 17.7 Å². The number of ether oxygens (including phenoxy) is 2. The van der Waals surface area contributed by atoms with Crippen LogP contribution in [0.25, 0.3) is 11.1 Å². The van der Waals surface area contributed by atoms with Gasteiger partial charge in [-0.2, -0.15) is 10.2 Å². The standard InChI is InChI=1S/C34H34N6O4/c1-4-43-33(42)29-20-37-34(40-14-12-39(13-15-40)21-25-6-5-7-27(18-25)31(36)41)38-32(29)44-30-22(2)16-28(17-23(30)3)26-10-8-24(19-35)9-11-26/h5-11,16-18,20H,4,12-15,21H2,1-3H3,(H2,36,41). The van der Waals surface area contributed by atoms with Gasteiger partial charge in [-0.1, -0.05) is 24.3 Å². The summed E-state index contributed by atoms with van der Waals surface area (Å²) in [5.41, 5.74) is 11.4. The maximum atomic E-state index is 12.8. The zero-order chi connectivity index (χ0) is 31.2. The molecule has 0 bridgehead atoms. The fourth-order valence-corrected chi connectivity index (χ4v) is 5.24. The maximum Gasteiger partial charge on any atom is 0.345 e. The summed E-state index contributed by atoms with van der Waals surface area (Å²) in [5.74, 6) is 0.206. The van der Waals surface area contributed by atoms with Crippen molar-refractivity contribution in [3.63, 3.8) is 0 Å². The first kappa shape index (κ1) is 30.2. The van der Waals surface area contributed by atoms with Crippen molar-refractivity contribution < 1.29 is 19.1 Å². The molecule has 10 nitrogen and oxygen atoms in total. The average molecular weight is 591 g/mol. The number of hydrogen-bond acceptors (Lipinski definition) is 9. The Morgan fingerprint density at radius 1 is 0.977 bits per heavy atom. The number of hydrogen-bond donors (Lipinski definition) is 1. The molecule has 44 heavy (non-hydrogen) atoms. The first-order valence-corrected chi connectivity index (χ1v) is 14.5. The van der Waals surface area contributed by atoms with Crippen LogP contribution < -0.4 is 15.4 Å². The summed E-state index contributed by atoms with van der Waals surface area (Å²) in [7, 11) is 0. The summed E-state index contributed by atoms with van der Waals surface area (Å²) in [5, 5.41) is 9.12. The summed E-state index contributed by atoms with van der Waals surface area (Å²) in [6.45, 7) is 9.40. The number of primary amides is 1. The Bertz CT molecular complexity index is 1700. The van der Waals surface area contributed by atoms with E-state index in [0.29, 0.717) is 42.5 Å². The third kappa shape index (κ3) is 6.85. The summed E-state index contributed by atoms with van der Waals surface area (Å²) in [4.78, 5) is 38.0. The molecule has 2 heterocycles. The number of nitrogens with two attached hydrogens (primary N) is 1. The lowest BCUT2D eigenvalue weighted by molar-refractivity contribution is 0.0522. The molecule has 0 aliphatic carbocycles. The topological polar surface area (TPSA) is 135 Å². The van der Waals surface area contributed by atoms with Gasteiger partial charge in [0.15, 0.2) is 0 Å². The average Bonchev–Trinajstić information content (AvgIpc) is 3.03. The van der Waals surface area contributed by atoms with Crippen molar-refractivity contribution >= 4 is 17.8 Å². The predicted octanol–water partition coefficient (Wildman–Crippen LogP) is 5.02. The third-order valence-corrected chi connectivity index (χ3v) is 7.52. The van der Waals surface area contributed by atoms with Crippen LogP contribution in [-0.4, -0.2) is 59.5 Å². The van der Waals surface area contributed by atoms with Gasteiger partial charge in [-0.3, -0.25) is 9.69 Å². The van der Waals surface area contributed by atoms with Crippen LogP contribution >= 0.6 is 0 Å². The normalized spacial score (nSPS) is 13.3. The van der Waals surface area contributed by atoms with Crippen LogP contribution in [0, 0.1) is 25.2 Å². The number of amides is 1. The number of carbonyl (C=O) groups excluding carboxylic acids is 2. The number of piperazine rings is 1. The first-order chi connectivity index (χ1) is 21.2. The minimum Gasteiger partial charge on any atom is -0.462 e. The minimum absolute atomic E-state index is 0.136. The van der Waals surface area contributed by atoms with E-state index in [2.05, 4.69) is 20.9 Å². The Hall–Kier alpha value is -5.27. The van der Waals surface area contributed by atoms with Crippen LogP contribution in [0.5, 0.6) is 11.6 Å². The Kier molecular flexibility index (Phi) is 9.17. The van der Waals surface area contributed by atoms with Gasteiger partial charge in [-0.25, -0.2) is 9.78 Å². The maximum absolute atomic E-state index is 12.8. The Balaban J connectivity index is 1.35. The summed E-state index contributed by atoms with van der Waals surface area (Å²) >= 11 is 0. The van der Waals surface area contributed by atoms with E-state index >= 15 is 0 Å². The smallest absolute Gasteiger partial charge is 0.345 e. The van der Waals surface area contributed by atoms with E-state index in [9.17, 15) is 9.59 Å². The molecule has 10 heteroatoms. The Morgan fingerprint density at radius 2 is 1.68 bits per heavy atom. The van der Waals surface area contributed by atoms with Crippen molar-refractivity contribution in [2.24, 2.45) is 5.73 Å². The molecule has 0 saturated carbocycles. The largest absolute Gasteiger partial charge is 0.462 e. The first-order valence-electron chi connectivity index (χ1n) is 14.5. The molecule has 1 aromatic heterocycles. The Labute approximate surface area is 256 Å². The van der Waals surface area contributed by atoms with E-state index in [4.69, 9.17) is 25.5 Å². The molecule has 1 aliphatic rings. The SMILES string of the molecule is CCOC(=O)c1cnc(N2CCN(Cc3cccc(C(N)=O)c3)CC2)nc1Oc1c(C)cc(-c2ccc(C#N)cc2)cc1C. The highest BCUT2D eigenvalue weighted by molar-refractivity contribution is 5.93. The van der Waals surface area contributed by atoms with Crippen LogP contribution in [0.4, 0.5) is 5.95 Å². The highest BCUT2D eigenvalue weighted by atomic mass is 16.5. The number of esters is 1. The van der Waals surface area contributed by atoms with Crippen molar-refractivity contribution in [2.75, 3.05) is 37.7 Å². The molecule has 4 aromatic rings. The molecule has 1 saturated heterocycles. The molecule has 3 aromatic carbocycles. The van der Waals surface area contributed by atoms with Crippen LogP contribution in [0.2, 0.25) is 0 Å². The second kappa shape index (κ2) is 13.4. The molecular weight excluding hydrogens is 556 g/mol. The van der Waals surface area contributed by atoms with Gasteiger partial charge in [0.25, 0.3) is 0 Å². The molecule has 1 amide bonds. The molecule has 0 radical (unpaired) electrons. The van der Waals surface area contributed by atoms with Crippen LogP contribution in [0.1, 0.15) is 49.9 Å². The van der Waals surface area contributed by atoms with Gasteiger partial charge < -0.3 is 20.1 Å². The lowest BCUT2D eigenvalue weighted by Gasteiger charge is -2.34. The number of anilines is 1. The monoisotopic (exact) mass is 590 g/mol. The van der Waals surface area contributed by atoms with Crippen LogP contribution in [0.15, 0.2) is 66.9 Å². The van der Waals surface area contributed by atoms with Gasteiger partial charge in [-0.05, 0) is 85.0 Å². The van der Waals surface area contributed by atoms with Gasteiger partial charge >= 0.3 is 5.97 Å². The molecule has 2 N–H and O–H groups in total. The van der Waals surface area contributed by atoms with E-state index < -0.39 is 11.9 Å². The van der Waals surface area contributed by atoms with E-state index in [-0.39, 0.29) is 18.1 Å². The second-order valence-corrected chi connectivity index (χ2v) is 10.7. The number of aryl methyl sites for hydroxylation is 2. The molecular formula is C34H34N6O4. The van der Waals surface area contributed by atoms with Crippen molar-refractivity contribution in [3.8, 4) is 28.8 Å². The summed E-state index contributed by atoms with van der Waals surface area (Å²) in [6, 6.07) is 21.0. The van der Waals surface area contributed by atoms with Gasteiger partial charge in [0, 0.05) is 38.3 Å². The van der Waals surface area contributed by atoms with Crippen LogP contribution in [-0.2, 0) is 11.3 Å². The van der Waals surface area contributed by atoms with E-state index in [1.165, 1.54) is 6.20 Å². The molecule has 1 fully saturated rings. The molecule has 5 rings (SSSR count). The van der Waals surface area contributed by atoms with Crippen molar-refractivity contribution in [2.45, 2.75) is 27.3 Å². The zero-order valence-corrected chi connectivity index (χ0v) is 25.0. The number of nitrogens with zero attached hydrogens (tertiary/aromatic N) is 5. The number of aromatic nitrogens is 2. The fourth-order valence-electron chi connectivity index (χ4n) is 5.24. The molecule has 0 spiro atoms. The highest BCUT2D eigenvalue weighted by Gasteiger charge is 2.24. The quantitative estimate of drug-likeness (QED) is 0.267. The highest BCUT2D eigenvalue weighted by Crippen LogP contribution is 2.35. The molecule has 0 atom stereocenters.